The van der Waals surface area contributed by atoms with Crippen LogP contribution in [0.4, 0.5) is 5.69 Å². The van der Waals surface area contributed by atoms with Gasteiger partial charge in [-0.15, -0.1) is 11.3 Å². The molecule has 1 aliphatic heterocycles. The van der Waals surface area contributed by atoms with Gasteiger partial charge in [-0.25, -0.2) is 0 Å². The SMILES string of the molecule is CCN(CC)C(=O)c1cccc(NC(=O)CN2CCc3sccc3[C@@H]2c2ccccc2)c1. The van der Waals surface area contributed by atoms with Crippen LogP contribution in [0.1, 0.15) is 46.3 Å². The Morgan fingerprint density at radius 1 is 1.06 bits per heavy atom. The maximum atomic E-state index is 13.0. The smallest absolute Gasteiger partial charge is 0.253 e. The molecule has 2 amide bonds. The van der Waals surface area contributed by atoms with Gasteiger partial charge in [0.25, 0.3) is 5.91 Å². The molecule has 1 aliphatic rings. The van der Waals surface area contributed by atoms with Gasteiger partial charge < -0.3 is 10.2 Å². The lowest BCUT2D eigenvalue weighted by Crippen LogP contribution is -2.40. The molecule has 3 aromatic rings. The molecule has 1 aromatic heterocycles. The van der Waals surface area contributed by atoms with Gasteiger partial charge in [-0.2, -0.15) is 0 Å². The monoisotopic (exact) mass is 447 g/mol. The molecule has 2 heterocycles. The molecule has 2 aromatic carbocycles. The zero-order valence-corrected chi connectivity index (χ0v) is 19.4. The number of nitrogens with one attached hydrogen (secondary N) is 1. The summed E-state index contributed by atoms with van der Waals surface area (Å²) in [4.78, 5) is 31.1. The molecule has 6 heteroatoms. The molecule has 4 rings (SSSR count). The van der Waals surface area contributed by atoms with E-state index in [4.69, 9.17) is 0 Å². The maximum Gasteiger partial charge on any atom is 0.253 e. The molecule has 32 heavy (non-hydrogen) atoms. The van der Waals surface area contributed by atoms with Gasteiger partial charge >= 0.3 is 0 Å². The van der Waals surface area contributed by atoms with Crippen molar-refractivity contribution in [3.8, 4) is 0 Å². The van der Waals surface area contributed by atoms with Gasteiger partial charge in [0.15, 0.2) is 0 Å². The van der Waals surface area contributed by atoms with E-state index >= 15 is 0 Å². The van der Waals surface area contributed by atoms with Crippen molar-refractivity contribution in [2.45, 2.75) is 26.3 Å². The minimum absolute atomic E-state index is 0.0174. The molecule has 0 radical (unpaired) electrons. The Morgan fingerprint density at radius 2 is 1.84 bits per heavy atom. The molecule has 1 atom stereocenters. The van der Waals surface area contributed by atoms with Gasteiger partial charge in [-0.3, -0.25) is 14.5 Å². The number of benzene rings is 2. The van der Waals surface area contributed by atoms with Crippen LogP contribution in [0.2, 0.25) is 0 Å². The predicted octanol–water partition coefficient (Wildman–Crippen LogP) is 4.82. The molecule has 1 N–H and O–H groups in total. The van der Waals surface area contributed by atoms with Gasteiger partial charge in [0.05, 0.1) is 12.6 Å². The molecular weight excluding hydrogens is 418 g/mol. The number of rotatable bonds is 7. The predicted molar refractivity (Wildman–Crippen MR) is 130 cm³/mol. The normalized spacial score (nSPS) is 15.8. The summed E-state index contributed by atoms with van der Waals surface area (Å²) in [5.74, 6) is -0.0895. The Hall–Kier alpha value is -2.96. The average Bonchev–Trinajstić information content (AvgIpc) is 3.29. The lowest BCUT2D eigenvalue weighted by molar-refractivity contribution is -0.117. The number of hydrogen-bond donors (Lipinski definition) is 1. The topological polar surface area (TPSA) is 52.7 Å². The van der Waals surface area contributed by atoms with E-state index in [0.29, 0.717) is 30.9 Å². The Bertz CT molecular complexity index is 1080. The van der Waals surface area contributed by atoms with E-state index in [-0.39, 0.29) is 17.9 Å². The Labute approximate surface area is 193 Å². The van der Waals surface area contributed by atoms with E-state index in [0.717, 1.165) is 13.0 Å². The number of thiophene rings is 1. The van der Waals surface area contributed by atoms with E-state index in [1.165, 1.54) is 16.0 Å². The Morgan fingerprint density at radius 3 is 2.59 bits per heavy atom. The first kappa shape index (κ1) is 22.2. The van der Waals surface area contributed by atoms with E-state index in [2.05, 4.69) is 33.8 Å². The van der Waals surface area contributed by atoms with E-state index < -0.39 is 0 Å². The van der Waals surface area contributed by atoms with Crippen LogP contribution in [0.3, 0.4) is 0 Å². The van der Waals surface area contributed by atoms with Crippen LogP contribution in [-0.2, 0) is 11.2 Å². The fourth-order valence-corrected chi connectivity index (χ4v) is 5.28. The number of anilines is 1. The summed E-state index contributed by atoms with van der Waals surface area (Å²) in [7, 11) is 0. The third-order valence-electron chi connectivity index (χ3n) is 5.97. The van der Waals surface area contributed by atoms with Crippen LogP contribution in [0.25, 0.3) is 0 Å². The highest BCUT2D eigenvalue weighted by Crippen LogP contribution is 2.37. The molecule has 0 spiro atoms. The van der Waals surface area contributed by atoms with Crippen molar-refractivity contribution in [1.29, 1.82) is 0 Å². The number of carbonyl (C=O) groups is 2. The minimum Gasteiger partial charge on any atom is -0.339 e. The van der Waals surface area contributed by atoms with Crippen LogP contribution in [0.15, 0.2) is 66.0 Å². The molecule has 166 valence electrons. The second-order valence-electron chi connectivity index (χ2n) is 7.94. The first-order valence-electron chi connectivity index (χ1n) is 11.1. The summed E-state index contributed by atoms with van der Waals surface area (Å²) in [6, 6.07) is 19.8. The van der Waals surface area contributed by atoms with Crippen molar-refractivity contribution in [3.63, 3.8) is 0 Å². The molecule has 5 nitrogen and oxygen atoms in total. The number of amides is 2. The molecule has 0 saturated heterocycles. The van der Waals surface area contributed by atoms with Gasteiger partial charge in [0, 0.05) is 35.8 Å². The zero-order valence-electron chi connectivity index (χ0n) is 18.6. The molecule has 0 aliphatic carbocycles. The summed E-state index contributed by atoms with van der Waals surface area (Å²) in [6.07, 6.45) is 0.956. The van der Waals surface area contributed by atoms with E-state index in [9.17, 15) is 9.59 Å². The second-order valence-corrected chi connectivity index (χ2v) is 8.94. The summed E-state index contributed by atoms with van der Waals surface area (Å²) < 4.78 is 0. The van der Waals surface area contributed by atoms with Crippen molar-refractivity contribution >= 4 is 28.8 Å². The van der Waals surface area contributed by atoms with Gasteiger partial charge in [0.2, 0.25) is 5.91 Å². The van der Waals surface area contributed by atoms with Crippen LogP contribution in [0.5, 0.6) is 0 Å². The summed E-state index contributed by atoms with van der Waals surface area (Å²) >= 11 is 1.79. The number of hydrogen-bond acceptors (Lipinski definition) is 4. The average molecular weight is 448 g/mol. The van der Waals surface area contributed by atoms with Crippen molar-refractivity contribution in [3.05, 3.63) is 87.6 Å². The zero-order chi connectivity index (χ0) is 22.5. The Balaban J connectivity index is 1.49. The lowest BCUT2D eigenvalue weighted by atomic mass is 9.93. The maximum absolute atomic E-state index is 13.0. The molecule has 0 fully saturated rings. The summed E-state index contributed by atoms with van der Waals surface area (Å²) in [6.45, 7) is 6.38. The highest BCUT2D eigenvalue weighted by molar-refractivity contribution is 7.10. The third kappa shape index (κ3) is 4.76. The largest absolute Gasteiger partial charge is 0.339 e. The van der Waals surface area contributed by atoms with E-state index in [1.807, 2.05) is 44.2 Å². The standard InChI is InChI=1S/C26H29N3O2S/c1-3-28(4-2)26(31)20-11-8-12-21(17-20)27-24(30)18-29-15-13-23-22(14-16-32-23)25(29)19-9-6-5-7-10-19/h5-12,14,16-17,25H,3-4,13,15,18H2,1-2H3,(H,27,30)/t25-/m0/s1. The molecule has 0 saturated carbocycles. The fourth-order valence-electron chi connectivity index (χ4n) is 4.37. The number of carbonyl (C=O) groups excluding carboxylic acids is 2. The summed E-state index contributed by atoms with van der Waals surface area (Å²) in [5, 5.41) is 5.14. The first-order valence-corrected chi connectivity index (χ1v) is 12.0. The number of nitrogens with zero attached hydrogens (tertiary/aromatic N) is 2. The minimum atomic E-state index is -0.0722. The summed E-state index contributed by atoms with van der Waals surface area (Å²) in [5.41, 5.74) is 3.74. The van der Waals surface area contributed by atoms with Gasteiger partial charge in [-0.05, 0) is 61.0 Å². The fraction of sp³-hybridized carbons (Fsp3) is 0.308. The lowest BCUT2D eigenvalue weighted by Gasteiger charge is -2.35. The van der Waals surface area contributed by atoms with Crippen LogP contribution < -0.4 is 5.32 Å². The molecular formula is C26H29N3O2S. The highest BCUT2D eigenvalue weighted by Gasteiger charge is 2.30. The quantitative estimate of drug-likeness (QED) is 0.565. The van der Waals surface area contributed by atoms with Crippen molar-refractivity contribution in [2.24, 2.45) is 0 Å². The van der Waals surface area contributed by atoms with Crippen molar-refractivity contribution < 1.29 is 9.59 Å². The van der Waals surface area contributed by atoms with Crippen molar-refractivity contribution in [1.82, 2.24) is 9.80 Å². The molecule has 0 bridgehead atoms. The molecule has 0 unspecified atom stereocenters. The Kier molecular flexibility index (Phi) is 7.02. The van der Waals surface area contributed by atoms with E-state index in [1.54, 1.807) is 28.4 Å². The van der Waals surface area contributed by atoms with Crippen molar-refractivity contribution in [2.75, 3.05) is 31.5 Å². The highest BCUT2D eigenvalue weighted by atomic mass is 32.1. The first-order chi connectivity index (χ1) is 15.6. The van der Waals surface area contributed by atoms with Crippen LogP contribution in [-0.4, -0.2) is 47.8 Å². The number of fused-ring (bicyclic) bond motifs is 1. The third-order valence-corrected chi connectivity index (χ3v) is 6.97. The van der Waals surface area contributed by atoms with Crippen LogP contribution >= 0.6 is 11.3 Å². The second kappa shape index (κ2) is 10.1. The van der Waals surface area contributed by atoms with Gasteiger partial charge in [0.1, 0.15) is 0 Å². The van der Waals surface area contributed by atoms with Gasteiger partial charge in [-0.1, -0.05) is 36.4 Å². The van der Waals surface area contributed by atoms with Crippen LogP contribution in [0, 0.1) is 0 Å².